The molecule has 1 fully saturated rings. The van der Waals surface area contributed by atoms with E-state index in [4.69, 9.17) is 0 Å². The summed E-state index contributed by atoms with van der Waals surface area (Å²) in [5, 5.41) is 3.01. The van der Waals surface area contributed by atoms with Gasteiger partial charge in [0, 0.05) is 24.7 Å². The number of aryl methyl sites for hydroxylation is 1. The van der Waals surface area contributed by atoms with Gasteiger partial charge in [-0.1, -0.05) is 31.5 Å². The quantitative estimate of drug-likeness (QED) is 0.905. The van der Waals surface area contributed by atoms with E-state index in [1.165, 1.54) is 0 Å². The number of hydrogen-bond acceptors (Lipinski definition) is 2. The number of amides is 2. The summed E-state index contributed by atoms with van der Waals surface area (Å²) in [7, 11) is 0. The van der Waals surface area contributed by atoms with Gasteiger partial charge < -0.3 is 10.2 Å². The maximum Gasteiger partial charge on any atom is 0.227 e. The predicted molar refractivity (Wildman–Crippen MR) is 84.2 cm³/mol. The summed E-state index contributed by atoms with van der Waals surface area (Å²) in [6.45, 7) is 6.58. The number of para-hydroxylation sites is 1. The van der Waals surface area contributed by atoms with Gasteiger partial charge in [-0.2, -0.15) is 0 Å². The first-order valence-corrected chi connectivity index (χ1v) is 7.69. The zero-order valence-electron chi connectivity index (χ0n) is 13.1. The van der Waals surface area contributed by atoms with Crippen molar-refractivity contribution in [1.82, 2.24) is 5.32 Å². The highest BCUT2D eigenvalue weighted by Gasteiger charge is 2.35. The minimum atomic E-state index is -0.239. The maximum absolute atomic E-state index is 12.2. The van der Waals surface area contributed by atoms with Crippen LogP contribution in [0.3, 0.4) is 0 Å². The van der Waals surface area contributed by atoms with Crippen LogP contribution in [0.4, 0.5) is 5.69 Å². The minimum Gasteiger partial charge on any atom is -0.353 e. The molecule has 4 heteroatoms. The fourth-order valence-electron chi connectivity index (χ4n) is 2.85. The third kappa shape index (κ3) is 3.63. The molecule has 0 radical (unpaired) electrons. The van der Waals surface area contributed by atoms with E-state index in [0.717, 1.165) is 24.1 Å². The van der Waals surface area contributed by atoms with E-state index in [2.05, 4.69) is 12.2 Å². The molecular weight excluding hydrogens is 264 g/mol. The zero-order chi connectivity index (χ0) is 15.4. The van der Waals surface area contributed by atoms with Gasteiger partial charge in [0.05, 0.1) is 5.92 Å². The molecule has 1 heterocycles. The number of carbonyl (C=O) groups is 2. The second-order valence-electron chi connectivity index (χ2n) is 5.89. The van der Waals surface area contributed by atoms with E-state index in [0.29, 0.717) is 13.0 Å². The van der Waals surface area contributed by atoms with Crippen molar-refractivity contribution >= 4 is 17.5 Å². The zero-order valence-corrected chi connectivity index (χ0v) is 13.1. The Kier molecular flexibility index (Phi) is 4.99. The molecular formula is C17H24N2O2. The van der Waals surface area contributed by atoms with Crippen LogP contribution in [0.15, 0.2) is 24.3 Å². The van der Waals surface area contributed by atoms with E-state index in [9.17, 15) is 9.59 Å². The molecule has 1 saturated heterocycles. The summed E-state index contributed by atoms with van der Waals surface area (Å²) in [5.41, 5.74) is 1.98. The summed E-state index contributed by atoms with van der Waals surface area (Å²) in [6.07, 6.45) is 2.31. The molecule has 0 aromatic heterocycles. The lowest BCUT2D eigenvalue weighted by atomic mass is 10.1. The largest absolute Gasteiger partial charge is 0.353 e. The van der Waals surface area contributed by atoms with E-state index in [-0.39, 0.29) is 23.8 Å². The predicted octanol–water partition coefficient (Wildman–Crippen LogP) is 2.65. The molecule has 2 rings (SSSR count). The lowest BCUT2D eigenvalue weighted by molar-refractivity contribution is -0.126. The average molecular weight is 288 g/mol. The smallest absolute Gasteiger partial charge is 0.227 e. The summed E-state index contributed by atoms with van der Waals surface area (Å²) in [4.78, 5) is 26.2. The fraction of sp³-hybridized carbons (Fsp3) is 0.529. The van der Waals surface area contributed by atoms with Crippen molar-refractivity contribution in [2.75, 3.05) is 11.4 Å². The maximum atomic E-state index is 12.2. The van der Waals surface area contributed by atoms with Crippen LogP contribution < -0.4 is 10.2 Å². The van der Waals surface area contributed by atoms with Crippen LogP contribution in [-0.4, -0.2) is 24.4 Å². The summed E-state index contributed by atoms with van der Waals surface area (Å²) >= 11 is 0. The molecule has 2 atom stereocenters. The normalized spacial score (nSPS) is 19.7. The second-order valence-corrected chi connectivity index (χ2v) is 5.89. The number of rotatable bonds is 5. The Labute approximate surface area is 126 Å². The van der Waals surface area contributed by atoms with Gasteiger partial charge in [0.15, 0.2) is 0 Å². The summed E-state index contributed by atoms with van der Waals surface area (Å²) in [6, 6.07) is 7.97. The van der Waals surface area contributed by atoms with Crippen molar-refractivity contribution < 1.29 is 9.59 Å². The Morgan fingerprint density at radius 1 is 1.43 bits per heavy atom. The van der Waals surface area contributed by atoms with E-state index in [1.54, 1.807) is 4.90 Å². The van der Waals surface area contributed by atoms with Gasteiger partial charge in [0.1, 0.15) is 0 Å². The molecule has 1 aromatic carbocycles. The van der Waals surface area contributed by atoms with Crippen LogP contribution in [0.25, 0.3) is 0 Å². The number of hydrogen-bond donors (Lipinski definition) is 1. The molecule has 0 spiro atoms. The molecule has 1 aromatic rings. The van der Waals surface area contributed by atoms with Crippen molar-refractivity contribution in [3.63, 3.8) is 0 Å². The second kappa shape index (κ2) is 6.74. The van der Waals surface area contributed by atoms with Crippen LogP contribution in [0, 0.1) is 12.8 Å². The van der Waals surface area contributed by atoms with Gasteiger partial charge in [-0.3, -0.25) is 9.59 Å². The molecule has 2 amide bonds. The third-order valence-electron chi connectivity index (χ3n) is 4.01. The highest BCUT2D eigenvalue weighted by molar-refractivity contribution is 6.00. The molecule has 114 valence electrons. The highest BCUT2D eigenvalue weighted by Crippen LogP contribution is 2.27. The van der Waals surface area contributed by atoms with Crippen molar-refractivity contribution in [2.45, 2.75) is 46.1 Å². The molecule has 1 aliphatic heterocycles. The topological polar surface area (TPSA) is 49.4 Å². The minimum absolute atomic E-state index is 0.000356. The van der Waals surface area contributed by atoms with E-state index in [1.807, 2.05) is 38.1 Å². The Balaban J connectivity index is 2.03. The molecule has 0 bridgehead atoms. The number of carbonyl (C=O) groups excluding carboxylic acids is 2. The third-order valence-corrected chi connectivity index (χ3v) is 4.01. The van der Waals surface area contributed by atoms with Crippen LogP contribution in [0.1, 0.15) is 38.7 Å². The van der Waals surface area contributed by atoms with Crippen LogP contribution in [0.2, 0.25) is 0 Å². The molecule has 4 nitrogen and oxygen atoms in total. The van der Waals surface area contributed by atoms with E-state index < -0.39 is 0 Å². The number of nitrogens with zero attached hydrogens (tertiary/aromatic N) is 1. The van der Waals surface area contributed by atoms with Crippen LogP contribution in [0.5, 0.6) is 0 Å². The van der Waals surface area contributed by atoms with Crippen molar-refractivity contribution in [2.24, 2.45) is 5.92 Å². The first-order chi connectivity index (χ1) is 10.0. The van der Waals surface area contributed by atoms with Gasteiger partial charge in [-0.05, 0) is 31.9 Å². The van der Waals surface area contributed by atoms with Crippen LogP contribution in [-0.2, 0) is 9.59 Å². The van der Waals surface area contributed by atoms with Crippen LogP contribution >= 0.6 is 0 Å². The Hall–Kier alpha value is -1.84. The van der Waals surface area contributed by atoms with Gasteiger partial charge in [0.2, 0.25) is 11.8 Å². The SMILES string of the molecule is CCCC(C)NC(=O)C1CC(=O)N(c2ccccc2C)C1. The molecule has 21 heavy (non-hydrogen) atoms. The van der Waals surface area contributed by atoms with Gasteiger partial charge in [-0.25, -0.2) is 0 Å². The van der Waals surface area contributed by atoms with Gasteiger partial charge in [0.25, 0.3) is 0 Å². The molecule has 2 unspecified atom stereocenters. The number of benzene rings is 1. The van der Waals surface area contributed by atoms with Crippen molar-refractivity contribution in [1.29, 1.82) is 0 Å². The monoisotopic (exact) mass is 288 g/mol. The lowest BCUT2D eigenvalue weighted by Crippen LogP contribution is -2.38. The number of anilines is 1. The Morgan fingerprint density at radius 3 is 2.81 bits per heavy atom. The van der Waals surface area contributed by atoms with E-state index >= 15 is 0 Å². The first kappa shape index (κ1) is 15.5. The summed E-state index contributed by atoms with van der Waals surface area (Å²) in [5.74, 6) is -0.204. The average Bonchev–Trinajstić information content (AvgIpc) is 2.81. The highest BCUT2D eigenvalue weighted by atomic mass is 16.2. The summed E-state index contributed by atoms with van der Waals surface area (Å²) < 4.78 is 0. The molecule has 1 aliphatic rings. The standard InChI is InChI=1S/C17H24N2O2/c1-4-7-13(3)18-17(21)14-10-16(20)19(11-14)15-9-6-5-8-12(15)2/h5-6,8-9,13-14H,4,7,10-11H2,1-3H3,(H,18,21). The van der Waals surface area contributed by atoms with Gasteiger partial charge >= 0.3 is 0 Å². The molecule has 1 N–H and O–H groups in total. The van der Waals surface area contributed by atoms with Crippen molar-refractivity contribution in [3.05, 3.63) is 29.8 Å². The Bertz CT molecular complexity index is 527. The lowest BCUT2D eigenvalue weighted by Gasteiger charge is -2.19. The fourth-order valence-corrected chi connectivity index (χ4v) is 2.85. The number of nitrogens with one attached hydrogen (secondary N) is 1. The molecule has 0 saturated carbocycles. The van der Waals surface area contributed by atoms with Gasteiger partial charge in [-0.15, -0.1) is 0 Å². The molecule has 0 aliphatic carbocycles. The first-order valence-electron chi connectivity index (χ1n) is 7.69. The van der Waals surface area contributed by atoms with Crippen molar-refractivity contribution in [3.8, 4) is 0 Å². The Morgan fingerprint density at radius 2 is 2.14 bits per heavy atom.